The van der Waals surface area contributed by atoms with Crippen LogP contribution in [0.1, 0.15) is 17.5 Å². The highest BCUT2D eigenvalue weighted by molar-refractivity contribution is 7.88. The summed E-state index contributed by atoms with van der Waals surface area (Å²) in [6.07, 6.45) is 1.10. The van der Waals surface area contributed by atoms with Crippen LogP contribution in [0, 0.1) is 5.92 Å². The molecular formula is C17H28N4O3S. The number of benzene rings is 1. The molecule has 2 N–H and O–H groups in total. The Balaban J connectivity index is 1.94. The van der Waals surface area contributed by atoms with Gasteiger partial charge in [0.1, 0.15) is 0 Å². The van der Waals surface area contributed by atoms with E-state index in [4.69, 9.17) is 4.74 Å². The molecule has 1 fully saturated rings. The van der Waals surface area contributed by atoms with Crippen molar-refractivity contribution in [3.8, 4) is 0 Å². The maximum atomic E-state index is 11.7. The van der Waals surface area contributed by atoms with Crippen LogP contribution < -0.4 is 10.0 Å². The summed E-state index contributed by atoms with van der Waals surface area (Å²) in [7, 11) is 1.68. The zero-order valence-electron chi connectivity index (χ0n) is 15.2. The highest BCUT2D eigenvalue weighted by atomic mass is 32.2. The predicted molar refractivity (Wildman–Crippen MR) is 99.9 cm³/mol. The van der Waals surface area contributed by atoms with E-state index in [1.54, 1.807) is 14.2 Å². The molecule has 1 unspecified atom stereocenters. The van der Waals surface area contributed by atoms with E-state index in [-0.39, 0.29) is 5.75 Å². The Morgan fingerprint density at radius 2 is 2.16 bits per heavy atom. The number of nitrogens with one attached hydrogen (secondary N) is 2. The third-order valence-electron chi connectivity index (χ3n) is 4.31. The van der Waals surface area contributed by atoms with Crippen LogP contribution in [0.15, 0.2) is 29.3 Å². The smallest absolute Gasteiger partial charge is 0.215 e. The van der Waals surface area contributed by atoms with Gasteiger partial charge in [-0.25, -0.2) is 13.1 Å². The first-order chi connectivity index (χ1) is 12.0. The minimum atomic E-state index is -3.26. The van der Waals surface area contributed by atoms with Crippen LogP contribution in [0.5, 0.6) is 0 Å². The molecule has 140 valence electrons. The summed E-state index contributed by atoms with van der Waals surface area (Å²) >= 11 is 0. The summed E-state index contributed by atoms with van der Waals surface area (Å²) in [6, 6.07) is 7.59. The van der Waals surface area contributed by atoms with Crippen molar-refractivity contribution in [1.82, 2.24) is 14.9 Å². The van der Waals surface area contributed by atoms with Crippen LogP contribution in [-0.4, -0.2) is 60.2 Å². The molecule has 0 bridgehead atoms. The molecule has 1 aliphatic heterocycles. The molecule has 1 aliphatic rings. The van der Waals surface area contributed by atoms with Gasteiger partial charge in [-0.2, -0.15) is 0 Å². The Hall–Kier alpha value is -1.64. The quantitative estimate of drug-likeness (QED) is 0.549. The van der Waals surface area contributed by atoms with Gasteiger partial charge < -0.3 is 15.0 Å². The number of rotatable bonds is 7. The molecule has 2 rings (SSSR count). The van der Waals surface area contributed by atoms with E-state index in [1.807, 2.05) is 24.3 Å². The van der Waals surface area contributed by atoms with Gasteiger partial charge in [0, 0.05) is 39.7 Å². The Labute approximate surface area is 150 Å². The number of ether oxygens (including phenoxy) is 1. The van der Waals surface area contributed by atoms with Crippen LogP contribution in [0.4, 0.5) is 0 Å². The molecule has 0 aromatic heterocycles. The molecule has 8 heteroatoms. The number of hydrogen-bond donors (Lipinski definition) is 2. The van der Waals surface area contributed by atoms with Crippen molar-refractivity contribution in [3.63, 3.8) is 0 Å². The lowest BCUT2D eigenvalue weighted by Crippen LogP contribution is -2.39. The monoisotopic (exact) mass is 368 g/mol. The number of hydrogen-bond acceptors (Lipinski definition) is 4. The molecule has 1 saturated heterocycles. The van der Waals surface area contributed by atoms with Crippen LogP contribution in [0.2, 0.25) is 0 Å². The highest BCUT2D eigenvalue weighted by Crippen LogP contribution is 2.16. The minimum absolute atomic E-state index is 0.0170. The Morgan fingerprint density at radius 3 is 2.84 bits per heavy atom. The molecular weight excluding hydrogens is 340 g/mol. The van der Waals surface area contributed by atoms with Gasteiger partial charge in [0.05, 0.1) is 12.4 Å². The Bertz CT molecular complexity index is 691. The van der Waals surface area contributed by atoms with Crippen molar-refractivity contribution in [2.24, 2.45) is 10.9 Å². The number of sulfonamides is 1. The number of nitrogens with zero attached hydrogens (tertiary/aromatic N) is 2. The second-order valence-corrected chi connectivity index (χ2v) is 8.17. The molecule has 7 nitrogen and oxygen atoms in total. The van der Waals surface area contributed by atoms with Crippen molar-refractivity contribution in [1.29, 1.82) is 0 Å². The van der Waals surface area contributed by atoms with Gasteiger partial charge in [0.2, 0.25) is 10.0 Å². The molecule has 0 aliphatic carbocycles. The Kier molecular flexibility index (Phi) is 7.22. The van der Waals surface area contributed by atoms with Crippen LogP contribution in [0.25, 0.3) is 0 Å². The number of methoxy groups -OCH3 is 1. The second-order valence-electron chi connectivity index (χ2n) is 6.24. The van der Waals surface area contributed by atoms with Crippen molar-refractivity contribution in [3.05, 3.63) is 35.4 Å². The summed E-state index contributed by atoms with van der Waals surface area (Å²) in [5.41, 5.74) is 1.79. The van der Waals surface area contributed by atoms with Gasteiger partial charge in [-0.3, -0.25) is 4.99 Å². The van der Waals surface area contributed by atoms with E-state index < -0.39 is 10.0 Å². The Morgan fingerprint density at radius 1 is 1.40 bits per heavy atom. The van der Waals surface area contributed by atoms with Crippen molar-refractivity contribution in [2.75, 3.05) is 40.9 Å². The zero-order valence-corrected chi connectivity index (χ0v) is 16.0. The fourth-order valence-corrected chi connectivity index (χ4v) is 3.79. The standard InChI is InChI=1S/C17H28N4O3S/c1-18-17(21-8-7-16(11-21)12-24-3)20-10-14-5-4-6-15(9-14)13-25(22,23)19-2/h4-6,9,16,19H,7-8,10-13H2,1-3H3,(H,18,20). The first-order valence-electron chi connectivity index (χ1n) is 8.41. The lowest BCUT2D eigenvalue weighted by molar-refractivity contribution is 0.157. The highest BCUT2D eigenvalue weighted by Gasteiger charge is 2.24. The molecule has 25 heavy (non-hydrogen) atoms. The molecule has 1 aromatic carbocycles. The maximum absolute atomic E-state index is 11.7. The van der Waals surface area contributed by atoms with Crippen LogP contribution in [0.3, 0.4) is 0 Å². The normalized spacial score (nSPS) is 18.6. The second kappa shape index (κ2) is 9.17. The lowest BCUT2D eigenvalue weighted by atomic mass is 10.1. The van der Waals surface area contributed by atoms with Crippen LogP contribution >= 0.6 is 0 Å². The van der Waals surface area contributed by atoms with Crippen molar-refractivity contribution in [2.45, 2.75) is 18.7 Å². The molecule has 0 amide bonds. The van der Waals surface area contributed by atoms with E-state index >= 15 is 0 Å². The largest absolute Gasteiger partial charge is 0.384 e. The predicted octanol–water partition coefficient (Wildman–Crippen LogP) is 0.780. The zero-order chi connectivity index (χ0) is 18.3. The van der Waals surface area contributed by atoms with Gasteiger partial charge in [0.15, 0.2) is 5.96 Å². The van der Waals surface area contributed by atoms with Gasteiger partial charge in [0.25, 0.3) is 0 Å². The number of aliphatic imine (C=N–C) groups is 1. The number of guanidine groups is 1. The van der Waals surface area contributed by atoms with Gasteiger partial charge in [-0.15, -0.1) is 0 Å². The molecule has 1 heterocycles. The van der Waals surface area contributed by atoms with E-state index in [0.29, 0.717) is 12.5 Å². The fourth-order valence-electron chi connectivity index (χ4n) is 3.03. The molecule has 0 radical (unpaired) electrons. The summed E-state index contributed by atoms with van der Waals surface area (Å²) in [6.45, 7) is 3.28. The van der Waals surface area contributed by atoms with E-state index in [9.17, 15) is 8.42 Å². The van der Waals surface area contributed by atoms with Gasteiger partial charge in [-0.1, -0.05) is 24.3 Å². The first-order valence-corrected chi connectivity index (χ1v) is 10.1. The lowest BCUT2D eigenvalue weighted by Gasteiger charge is -2.21. The van der Waals surface area contributed by atoms with E-state index in [2.05, 4.69) is 19.9 Å². The maximum Gasteiger partial charge on any atom is 0.215 e. The summed E-state index contributed by atoms with van der Waals surface area (Å²) in [4.78, 5) is 6.59. The third kappa shape index (κ3) is 5.98. The van der Waals surface area contributed by atoms with E-state index in [1.165, 1.54) is 7.05 Å². The topological polar surface area (TPSA) is 83.0 Å². The average molecular weight is 369 g/mol. The van der Waals surface area contributed by atoms with Crippen molar-refractivity contribution < 1.29 is 13.2 Å². The molecule has 1 atom stereocenters. The minimum Gasteiger partial charge on any atom is -0.384 e. The average Bonchev–Trinajstić information content (AvgIpc) is 3.04. The summed E-state index contributed by atoms with van der Waals surface area (Å²) < 4.78 is 31.0. The molecule has 0 spiro atoms. The van der Waals surface area contributed by atoms with Gasteiger partial charge in [-0.05, 0) is 24.6 Å². The van der Waals surface area contributed by atoms with E-state index in [0.717, 1.165) is 43.2 Å². The third-order valence-corrected chi connectivity index (χ3v) is 5.64. The van der Waals surface area contributed by atoms with Gasteiger partial charge >= 0.3 is 0 Å². The molecule has 1 aromatic rings. The van der Waals surface area contributed by atoms with Crippen molar-refractivity contribution >= 4 is 16.0 Å². The van der Waals surface area contributed by atoms with Crippen LogP contribution in [-0.2, 0) is 27.1 Å². The number of likely N-dealkylation sites (tertiary alicyclic amines) is 1. The molecule has 0 saturated carbocycles. The first kappa shape index (κ1) is 19.7. The SMILES string of the molecule is CN=C(NCc1cccc(CS(=O)(=O)NC)c1)N1CCC(COC)C1. The summed E-state index contributed by atoms with van der Waals surface area (Å²) in [5.74, 6) is 1.39. The fraction of sp³-hybridized carbons (Fsp3) is 0.588. The summed E-state index contributed by atoms with van der Waals surface area (Å²) in [5, 5.41) is 3.36.